The lowest BCUT2D eigenvalue weighted by Gasteiger charge is -2.06. The zero-order valence-electron chi connectivity index (χ0n) is 13.5. The number of nitrogens with zero attached hydrogens (tertiary/aromatic N) is 3. The molecule has 2 heterocycles. The first kappa shape index (κ1) is 15.7. The molecule has 2 aromatic carbocycles. The molecule has 0 saturated heterocycles. The molecular weight excluding hydrogens is 330 g/mol. The van der Waals surface area contributed by atoms with Gasteiger partial charge in [0.05, 0.1) is 29.2 Å². The molecule has 0 radical (unpaired) electrons. The molecule has 2 N–H and O–H groups in total. The number of carbonyl (C=O) groups is 1. The highest BCUT2D eigenvalue weighted by atomic mass is 16.3. The number of para-hydroxylation sites is 1. The summed E-state index contributed by atoms with van der Waals surface area (Å²) in [7, 11) is 0. The fraction of sp³-hybridized carbons (Fsp3) is 0. The first-order chi connectivity index (χ1) is 12.6. The largest absolute Gasteiger partial charge is 0.508 e. The summed E-state index contributed by atoms with van der Waals surface area (Å²) in [4.78, 5) is 25.5. The van der Waals surface area contributed by atoms with E-state index in [2.05, 4.69) is 15.0 Å². The van der Waals surface area contributed by atoms with Gasteiger partial charge >= 0.3 is 0 Å². The number of hydrogen-bond donors (Lipinski definition) is 2. The summed E-state index contributed by atoms with van der Waals surface area (Å²) in [5, 5.41) is 20.2. The molecule has 0 unspecified atom stereocenters. The smallest absolute Gasteiger partial charge is 0.216 e. The van der Waals surface area contributed by atoms with Gasteiger partial charge in [0.2, 0.25) is 5.78 Å². The van der Waals surface area contributed by atoms with E-state index in [9.17, 15) is 15.0 Å². The molecule has 0 aliphatic rings. The van der Waals surface area contributed by atoms with Crippen LogP contribution in [-0.4, -0.2) is 30.9 Å². The van der Waals surface area contributed by atoms with Gasteiger partial charge in [-0.1, -0.05) is 18.2 Å². The van der Waals surface area contributed by atoms with Crippen molar-refractivity contribution in [3.63, 3.8) is 0 Å². The van der Waals surface area contributed by atoms with E-state index >= 15 is 0 Å². The zero-order valence-corrected chi connectivity index (χ0v) is 13.5. The van der Waals surface area contributed by atoms with Crippen LogP contribution in [-0.2, 0) is 0 Å². The SMILES string of the molecule is O=C(c1cncc(-c2cnc3ccccc3c2)n1)c1ccc(O)cc1O. The summed E-state index contributed by atoms with van der Waals surface area (Å²) in [5.41, 5.74) is 2.25. The Hall–Kier alpha value is -3.80. The summed E-state index contributed by atoms with van der Waals surface area (Å²) in [6, 6.07) is 13.4. The van der Waals surface area contributed by atoms with Gasteiger partial charge < -0.3 is 10.2 Å². The number of phenols is 2. The molecule has 4 aromatic rings. The molecule has 0 atom stereocenters. The van der Waals surface area contributed by atoms with Gasteiger partial charge in [-0.05, 0) is 24.3 Å². The van der Waals surface area contributed by atoms with Crippen molar-refractivity contribution in [2.24, 2.45) is 0 Å². The molecule has 0 bridgehead atoms. The number of hydrogen-bond acceptors (Lipinski definition) is 6. The number of fused-ring (bicyclic) bond motifs is 1. The van der Waals surface area contributed by atoms with Crippen molar-refractivity contribution >= 4 is 16.7 Å². The van der Waals surface area contributed by atoms with Gasteiger partial charge in [-0.25, -0.2) is 4.98 Å². The maximum Gasteiger partial charge on any atom is 0.216 e. The third kappa shape index (κ3) is 2.84. The number of phenolic OH excluding ortho intramolecular Hbond substituents is 2. The summed E-state index contributed by atoms with van der Waals surface area (Å²) >= 11 is 0. The van der Waals surface area contributed by atoms with Gasteiger partial charge in [0.15, 0.2) is 0 Å². The maximum atomic E-state index is 12.6. The average molecular weight is 343 g/mol. The molecule has 4 rings (SSSR count). The van der Waals surface area contributed by atoms with Crippen molar-refractivity contribution in [1.82, 2.24) is 15.0 Å². The molecule has 0 saturated carbocycles. The van der Waals surface area contributed by atoms with E-state index in [0.29, 0.717) is 5.69 Å². The summed E-state index contributed by atoms with van der Waals surface area (Å²) in [6.45, 7) is 0. The van der Waals surface area contributed by atoms with Crippen LogP contribution in [0.4, 0.5) is 0 Å². The van der Waals surface area contributed by atoms with Crippen LogP contribution in [0.1, 0.15) is 16.1 Å². The highest BCUT2D eigenvalue weighted by Gasteiger charge is 2.17. The second-order valence-corrected chi connectivity index (χ2v) is 5.74. The van der Waals surface area contributed by atoms with Crippen LogP contribution in [0.5, 0.6) is 11.5 Å². The lowest BCUT2D eigenvalue weighted by Crippen LogP contribution is -2.06. The van der Waals surface area contributed by atoms with Crippen molar-refractivity contribution in [2.75, 3.05) is 0 Å². The Morgan fingerprint density at radius 1 is 0.923 bits per heavy atom. The van der Waals surface area contributed by atoms with Crippen LogP contribution in [0.25, 0.3) is 22.2 Å². The van der Waals surface area contributed by atoms with E-state index in [-0.39, 0.29) is 22.8 Å². The van der Waals surface area contributed by atoms with Gasteiger partial charge in [0.1, 0.15) is 17.2 Å². The Morgan fingerprint density at radius 2 is 1.77 bits per heavy atom. The fourth-order valence-corrected chi connectivity index (χ4v) is 2.68. The Labute approximate surface area is 148 Å². The first-order valence-corrected chi connectivity index (χ1v) is 7.86. The highest BCUT2D eigenvalue weighted by molar-refractivity contribution is 6.09. The minimum atomic E-state index is -0.481. The molecule has 26 heavy (non-hydrogen) atoms. The lowest BCUT2D eigenvalue weighted by atomic mass is 10.1. The summed E-state index contributed by atoms with van der Waals surface area (Å²) in [6.07, 6.45) is 4.57. The van der Waals surface area contributed by atoms with Gasteiger partial charge in [0.25, 0.3) is 0 Å². The molecule has 2 aromatic heterocycles. The van der Waals surface area contributed by atoms with Crippen LogP contribution in [0.2, 0.25) is 0 Å². The predicted octanol–water partition coefficient (Wildman–Crippen LogP) is 3.33. The van der Waals surface area contributed by atoms with E-state index in [0.717, 1.165) is 22.5 Å². The van der Waals surface area contributed by atoms with Crippen molar-refractivity contribution in [3.05, 3.63) is 78.4 Å². The monoisotopic (exact) mass is 343 g/mol. The normalized spacial score (nSPS) is 10.8. The van der Waals surface area contributed by atoms with E-state index < -0.39 is 5.78 Å². The van der Waals surface area contributed by atoms with E-state index in [1.54, 1.807) is 12.4 Å². The number of carbonyl (C=O) groups excluding carboxylic acids is 1. The van der Waals surface area contributed by atoms with E-state index in [4.69, 9.17) is 0 Å². The molecular formula is C20H13N3O3. The number of aromatic hydroxyl groups is 2. The Balaban J connectivity index is 1.74. The quantitative estimate of drug-likeness (QED) is 0.554. The molecule has 0 aliphatic carbocycles. The maximum absolute atomic E-state index is 12.6. The van der Waals surface area contributed by atoms with Crippen LogP contribution in [0.3, 0.4) is 0 Å². The van der Waals surface area contributed by atoms with Gasteiger partial charge in [-0.2, -0.15) is 0 Å². The van der Waals surface area contributed by atoms with Gasteiger partial charge in [-0.15, -0.1) is 0 Å². The second kappa shape index (κ2) is 6.25. The molecule has 0 fully saturated rings. The van der Waals surface area contributed by atoms with Crippen molar-refractivity contribution in [2.45, 2.75) is 0 Å². The van der Waals surface area contributed by atoms with Crippen molar-refractivity contribution < 1.29 is 15.0 Å². The minimum Gasteiger partial charge on any atom is -0.508 e. The third-order valence-electron chi connectivity index (χ3n) is 3.98. The number of aromatic nitrogens is 3. The fourth-order valence-electron chi connectivity index (χ4n) is 2.68. The van der Waals surface area contributed by atoms with Crippen LogP contribution in [0, 0.1) is 0 Å². The highest BCUT2D eigenvalue weighted by Crippen LogP contribution is 2.25. The lowest BCUT2D eigenvalue weighted by molar-refractivity contribution is 0.103. The van der Waals surface area contributed by atoms with Gasteiger partial charge in [-0.3, -0.25) is 14.8 Å². The Kier molecular flexibility index (Phi) is 3.78. The number of pyridine rings is 1. The van der Waals surface area contributed by atoms with Crippen LogP contribution < -0.4 is 0 Å². The molecule has 6 heteroatoms. The minimum absolute atomic E-state index is 0.0471. The Bertz CT molecular complexity index is 1140. The molecule has 6 nitrogen and oxygen atoms in total. The molecule has 0 spiro atoms. The molecule has 0 aliphatic heterocycles. The molecule has 126 valence electrons. The first-order valence-electron chi connectivity index (χ1n) is 7.86. The van der Waals surface area contributed by atoms with Crippen molar-refractivity contribution in [3.8, 4) is 22.8 Å². The van der Waals surface area contributed by atoms with Crippen molar-refractivity contribution in [1.29, 1.82) is 0 Å². The number of ketones is 1. The second-order valence-electron chi connectivity index (χ2n) is 5.74. The van der Waals surface area contributed by atoms with E-state index in [1.807, 2.05) is 30.3 Å². The third-order valence-corrected chi connectivity index (χ3v) is 3.98. The Morgan fingerprint density at radius 3 is 2.62 bits per heavy atom. The summed E-state index contributed by atoms with van der Waals surface area (Å²) < 4.78 is 0. The van der Waals surface area contributed by atoms with Crippen LogP contribution >= 0.6 is 0 Å². The topological polar surface area (TPSA) is 96.2 Å². The van der Waals surface area contributed by atoms with Gasteiger partial charge in [0, 0.05) is 23.2 Å². The molecule has 0 amide bonds. The zero-order chi connectivity index (χ0) is 18.1. The number of benzene rings is 2. The number of rotatable bonds is 3. The predicted molar refractivity (Wildman–Crippen MR) is 96.0 cm³/mol. The van der Waals surface area contributed by atoms with E-state index in [1.165, 1.54) is 18.3 Å². The summed E-state index contributed by atoms with van der Waals surface area (Å²) in [5.74, 6) is -0.915. The average Bonchev–Trinajstić information content (AvgIpc) is 2.67. The van der Waals surface area contributed by atoms with Crippen LogP contribution in [0.15, 0.2) is 67.1 Å². The standard InChI is InChI=1S/C20H13N3O3/c24-14-5-6-15(19(25)8-14)20(26)18-11-21-10-17(23-18)13-7-12-3-1-2-4-16(12)22-9-13/h1-11,24-25H.